The highest BCUT2D eigenvalue weighted by Gasteiger charge is 2.23. The Morgan fingerprint density at radius 3 is 2.25 bits per heavy atom. The molecule has 0 saturated carbocycles. The van der Waals surface area contributed by atoms with Crippen LogP contribution < -0.4 is 5.43 Å². The molecule has 1 N–H and O–H groups in total. The van der Waals surface area contributed by atoms with Gasteiger partial charge in [-0.2, -0.15) is 5.10 Å². The van der Waals surface area contributed by atoms with Crippen LogP contribution in [0, 0.1) is 0 Å². The lowest BCUT2D eigenvalue weighted by molar-refractivity contribution is -0.145. The molecule has 1 fully saturated rings. The number of hydrazone groups is 1. The van der Waals surface area contributed by atoms with Crippen molar-refractivity contribution in [3.63, 3.8) is 0 Å². The molecule has 0 spiro atoms. The van der Waals surface area contributed by atoms with Crippen molar-refractivity contribution in [3.05, 3.63) is 0 Å². The first kappa shape index (κ1) is 12.7. The van der Waals surface area contributed by atoms with Gasteiger partial charge in [0.05, 0.1) is 0 Å². The summed E-state index contributed by atoms with van der Waals surface area (Å²) in [6.45, 7) is 5.31. The van der Waals surface area contributed by atoms with Gasteiger partial charge in [0.2, 0.25) is 0 Å². The molecule has 1 aliphatic heterocycles. The monoisotopic (exact) mass is 225 g/mol. The number of hydrogen-bond acceptors (Lipinski definition) is 3. The fourth-order valence-electron chi connectivity index (χ4n) is 1.65. The van der Waals surface area contributed by atoms with E-state index in [1.165, 1.54) is 0 Å². The van der Waals surface area contributed by atoms with Gasteiger partial charge >= 0.3 is 11.8 Å². The summed E-state index contributed by atoms with van der Waals surface area (Å²) in [5.74, 6) is -1.09. The summed E-state index contributed by atoms with van der Waals surface area (Å²) in [6, 6.07) is 0. The largest absolute Gasteiger partial charge is 0.334 e. The highest BCUT2D eigenvalue weighted by atomic mass is 16.2. The molecule has 0 bridgehead atoms. The van der Waals surface area contributed by atoms with E-state index in [1.54, 1.807) is 4.90 Å². The van der Waals surface area contributed by atoms with Crippen molar-refractivity contribution in [3.8, 4) is 0 Å². The van der Waals surface area contributed by atoms with E-state index in [0.29, 0.717) is 13.1 Å². The van der Waals surface area contributed by atoms with Gasteiger partial charge in [-0.15, -0.1) is 0 Å². The second kappa shape index (κ2) is 6.25. The first-order chi connectivity index (χ1) is 7.69. The highest BCUT2D eigenvalue weighted by molar-refractivity contribution is 6.35. The molecule has 1 saturated heterocycles. The van der Waals surface area contributed by atoms with Gasteiger partial charge in [-0.3, -0.25) is 9.59 Å². The molecule has 0 atom stereocenters. The molecule has 0 radical (unpaired) electrons. The molecule has 16 heavy (non-hydrogen) atoms. The Labute approximate surface area is 95.9 Å². The fraction of sp³-hybridized carbons (Fsp3) is 0.727. The van der Waals surface area contributed by atoms with Crippen LogP contribution in [-0.4, -0.2) is 35.5 Å². The quantitative estimate of drug-likeness (QED) is 0.440. The number of hydrogen-bond donors (Lipinski definition) is 1. The molecule has 0 aromatic rings. The van der Waals surface area contributed by atoms with Gasteiger partial charge in [0.1, 0.15) is 0 Å². The van der Waals surface area contributed by atoms with E-state index in [-0.39, 0.29) is 0 Å². The van der Waals surface area contributed by atoms with Crippen LogP contribution in [0.5, 0.6) is 0 Å². The van der Waals surface area contributed by atoms with Crippen molar-refractivity contribution >= 4 is 17.5 Å². The van der Waals surface area contributed by atoms with Gasteiger partial charge in [-0.1, -0.05) is 13.8 Å². The Hall–Kier alpha value is -1.39. The number of amides is 2. The van der Waals surface area contributed by atoms with Crippen molar-refractivity contribution in [2.75, 3.05) is 13.1 Å². The van der Waals surface area contributed by atoms with Crippen LogP contribution >= 0.6 is 0 Å². The minimum Gasteiger partial charge on any atom is -0.334 e. The van der Waals surface area contributed by atoms with Crippen molar-refractivity contribution < 1.29 is 9.59 Å². The second-order valence-corrected chi connectivity index (χ2v) is 3.83. The summed E-state index contributed by atoms with van der Waals surface area (Å²) in [6.07, 6.45) is 3.54. The van der Waals surface area contributed by atoms with Crippen molar-refractivity contribution in [1.29, 1.82) is 0 Å². The maximum Gasteiger partial charge on any atom is 0.329 e. The summed E-state index contributed by atoms with van der Waals surface area (Å²) in [5, 5.41) is 3.92. The van der Waals surface area contributed by atoms with E-state index < -0.39 is 11.8 Å². The second-order valence-electron chi connectivity index (χ2n) is 3.83. The molecule has 5 heteroatoms. The third-order valence-electron chi connectivity index (χ3n) is 2.72. The van der Waals surface area contributed by atoms with E-state index in [0.717, 1.165) is 31.4 Å². The molecule has 0 unspecified atom stereocenters. The molecule has 90 valence electrons. The summed E-state index contributed by atoms with van der Waals surface area (Å²) in [4.78, 5) is 24.6. The highest BCUT2D eigenvalue weighted by Crippen LogP contribution is 2.07. The number of nitrogens with one attached hydrogen (secondary N) is 1. The fourth-order valence-corrected chi connectivity index (χ4v) is 1.65. The average Bonchev–Trinajstić information content (AvgIpc) is 2.82. The van der Waals surface area contributed by atoms with Crippen LogP contribution in [0.2, 0.25) is 0 Å². The lowest BCUT2D eigenvalue weighted by Crippen LogP contribution is -2.40. The third kappa shape index (κ3) is 3.32. The number of carbonyl (C=O) groups excluding carboxylic acids is 2. The molecule has 1 heterocycles. The smallest absolute Gasteiger partial charge is 0.329 e. The number of likely N-dealkylation sites (tertiary alicyclic amines) is 1. The maximum atomic E-state index is 11.6. The van der Waals surface area contributed by atoms with Gasteiger partial charge in [0, 0.05) is 18.8 Å². The first-order valence-electron chi connectivity index (χ1n) is 5.83. The minimum atomic E-state index is -0.624. The Morgan fingerprint density at radius 2 is 1.75 bits per heavy atom. The molecule has 0 aromatic heterocycles. The van der Waals surface area contributed by atoms with Gasteiger partial charge in [-0.05, 0) is 25.7 Å². The summed E-state index contributed by atoms with van der Waals surface area (Å²) in [7, 11) is 0. The number of carbonyl (C=O) groups is 2. The summed E-state index contributed by atoms with van der Waals surface area (Å²) in [5.41, 5.74) is 3.21. The van der Waals surface area contributed by atoms with Crippen molar-refractivity contribution in [1.82, 2.24) is 10.3 Å². The van der Waals surface area contributed by atoms with Crippen molar-refractivity contribution in [2.24, 2.45) is 5.10 Å². The zero-order valence-electron chi connectivity index (χ0n) is 9.95. The van der Waals surface area contributed by atoms with E-state index in [1.807, 2.05) is 13.8 Å². The number of nitrogens with zero attached hydrogens (tertiary/aromatic N) is 2. The minimum absolute atomic E-state index is 0.465. The van der Waals surface area contributed by atoms with Crippen LogP contribution in [0.15, 0.2) is 5.10 Å². The molecular weight excluding hydrogens is 206 g/mol. The summed E-state index contributed by atoms with van der Waals surface area (Å²) < 4.78 is 0. The van der Waals surface area contributed by atoms with E-state index in [4.69, 9.17) is 0 Å². The lowest BCUT2D eigenvalue weighted by atomic mass is 10.2. The first-order valence-corrected chi connectivity index (χ1v) is 5.83. The van der Waals surface area contributed by atoms with E-state index in [9.17, 15) is 9.59 Å². The Morgan fingerprint density at radius 1 is 1.19 bits per heavy atom. The van der Waals surface area contributed by atoms with Gasteiger partial charge < -0.3 is 4.90 Å². The lowest BCUT2D eigenvalue weighted by Gasteiger charge is -2.13. The van der Waals surface area contributed by atoms with E-state index >= 15 is 0 Å². The van der Waals surface area contributed by atoms with Crippen molar-refractivity contribution in [2.45, 2.75) is 39.5 Å². The zero-order chi connectivity index (χ0) is 12.0. The molecule has 5 nitrogen and oxygen atoms in total. The standard InChI is InChI=1S/C11H19N3O2/c1-3-9(4-2)12-13-10(15)11(16)14-7-5-6-8-14/h3-8H2,1-2H3,(H,13,15). The Bertz CT molecular complexity index is 288. The van der Waals surface area contributed by atoms with E-state index in [2.05, 4.69) is 10.5 Å². The third-order valence-corrected chi connectivity index (χ3v) is 2.72. The summed E-state index contributed by atoms with van der Waals surface area (Å²) >= 11 is 0. The average molecular weight is 225 g/mol. The molecular formula is C11H19N3O2. The molecule has 1 aliphatic rings. The molecule has 0 aromatic carbocycles. The number of rotatable bonds is 3. The van der Waals surface area contributed by atoms with Crippen LogP contribution in [0.3, 0.4) is 0 Å². The van der Waals surface area contributed by atoms with Crippen LogP contribution in [0.25, 0.3) is 0 Å². The topological polar surface area (TPSA) is 61.8 Å². The van der Waals surface area contributed by atoms with Gasteiger partial charge in [0.15, 0.2) is 0 Å². The molecule has 1 rings (SSSR count). The Balaban J connectivity index is 2.45. The molecule has 2 amide bonds. The predicted molar refractivity (Wildman–Crippen MR) is 62.0 cm³/mol. The van der Waals surface area contributed by atoms with Crippen LogP contribution in [0.4, 0.5) is 0 Å². The normalized spacial score (nSPS) is 14.8. The van der Waals surface area contributed by atoms with Crippen LogP contribution in [0.1, 0.15) is 39.5 Å². The van der Waals surface area contributed by atoms with Gasteiger partial charge in [-0.25, -0.2) is 5.43 Å². The zero-order valence-corrected chi connectivity index (χ0v) is 9.95. The SMILES string of the molecule is CCC(CC)=NNC(=O)C(=O)N1CCCC1. The predicted octanol–water partition coefficient (Wildman–Crippen LogP) is 0.901. The van der Waals surface area contributed by atoms with Gasteiger partial charge in [0.25, 0.3) is 0 Å². The van der Waals surface area contributed by atoms with Crippen LogP contribution in [-0.2, 0) is 9.59 Å². The maximum absolute atomic E-state index is 11.6. The molecule has 0 aliphatic carbocycles. The Kier molecular flexibility index (Phi) is 4.95.